The maximum Gasteiger partial charge on any atom is 0.263 e. The molecule has 0 aliphatic carbocycles. The van der Waals surface area contributed by atoms with Crippen LogP contribution in [0.1, 0.15) is 10.4 Å². The first-order chi connectivity index (χ1) is 14.8. The highest BCUT2D eigenvalue weighted by atomic mass is 35.5. The van der Waals surface area contributed by atoms with E-state index in [9.17, 15) is 13.2 Å². The van der Waals surface area contributed by atoms with Gasteiger partial charge >= 0.3 is 0 Å². The zero-order valence-corrected chi connectivity index (χ0v) is 19.0. The average molecular weight is 464 g/mol. The molecule has 0 bridgehead atoms. The topological polar surface area (TPSA) is 78.8 Å². The van der Waals surface area contributed by atoms with Crippen LogP contribution < -0.4 is 4.90 Å². The average Bonchev–Trinajstić information content (AvgIpc) is 3.16. The smallest absolute Gasteiger partial charge is 0.263 e. The minimum Gasteiger partial charge on any atom is -0.368 e. The summed E-state index contributed by atoms with van der Waals surface area (Å²) in [4.78, 5) is 16.5. The summed E-state index contributed by atoms with van der Waals surface area (Å²) < 4.78 is 29.5. The van der Waals surface area contributed by atoms with Crippen LogP contribution in [0.15, 0.2) is 60.8 Å². The summed E-state index contributed by atoms with van der Waals surface area (Å²) >= 11 is 6.28. The lowest BCUT2D eigenvalue weighted by Gasteiger charge is -2.35. The molecule has 0 saturated carbocycles. The summed E-state index contributed by atoms with van der Waals surface area (Å²) in [5, 5.41) is 4.52. The highest BCUT2D eigenvalue weighted by Gasteiger charge is 2.35. The molecule has 2 aromatic rings. The van der Waals surface area contributed by atoms with E-state index in [-0.39, 0.29) is 36.8 Å². The molecule has 0 N–H and O–H groups in total. The minimum atomic E-state index is -3.95. The van der Waals surface area contributed by atoms with Crippen molar-refractivity contribution in [1.29, 1.82) is 0 Å². The number of piperazine rings is 1. The first-order valence-electron chi connectivity index (χ1n) is 9.84. The van der Waals surface area contributed by atoms with Crippen molar-refractivity contribution < 1.29 is 13.2 Å². The van der Waals surface area contributed by atoms with Gasteiger partial charge in [0.1, 0.15) is 0 Å². The highest BCUT2D eigenvalue weighted by molar-refractivity contribution is 7.89. The number of nitrogens with zero attached hydrogens (tertiary/aromatic N) is 5. The van der Waals surface area contributed by atoms with Gasteiger partial charge in [0.2, 0.25) is 5.03 Å². The van der Waals surface area contributed by atoms with Gasteiger partial charge in [0, 0.05) is 52.5 Å². The van der Waals surface area contributed by atoms with Crippen LogP contribution in [0.2, 0.25) is 5.02 Å². The number of amides is 1. The second-order valence-electron chi connectivity index (χ2n) is 7.15. The Balaban J connectivity index is 1.83. The van der Waals surface area contributed by atoms with Gasteiger partial charge < -0.3 is 9.80 Å². The van der Waals surface area contributed by atoms with Gasteiger partial charge in [0.05, 0.1) is 16.3 Å². The summed E-state index contributed by atoms with van der Waals surface area (Å²) in [7, 11) is -2.36. The number of anilines is 1. The number of benzene rings is 1. The number of aromatic nitrogens is 2. The van der Waals surface area contributed by atoms with Crippen molar-refractivity contribution in [1.82, 2.24) is 19.0 Å². The van der Waals surface area contributed by atoms with Gasteiger partial charge in [-0.1, -0.05) is 35.9 Å². The molecule has 1 aliphatic rings. The van der Waals surface area contributed by atoms with E-state index in [2.05, 4.69) is 23.2 Å². The molecule has 1 aromatic heterocycles. The van der Waals surface area contributed by atoms with E-state index in [1.54, 1.807) is 19.2 Å². The molecule has 1 saturated heterocycles. The molecule has 166 valence electrons. The lowest BCUT2D eigenvalue weighted by Crippen LogP contribution is -2.49. The van der Waals surface area contributed by atoms with Crippen LogP contribution in [0.3, 0.4) is 0 Å². The second-order valence-corrected chi connectivity index (χ2v) is 9.41. The lowest BCUT2D eigenvalue weighted by atomic mass is 10.2. The van der Waals surface area contributed by atoms with Crippen LogP contribution in [0.4, 0.5) is 5.69 Å². The number of para-hydroxylation sites is 1. The fourth-order valence-corrected chi connectivity index (χ4v) is 5.32. The van der Waals surface area contributed by atoms with Gasteiger partial charge in [-0.2, -0.15) is 9.40 Å². The number of rotatable bonds is 8. The number of sulfonamides is 1. The zero-order valence-electron chi connectivity index (χ0n) is 17.4. The molecule has 0 spiro atoms. The van der Waals surface area contributed by atoms with Crippen molar-refractivity contribution in [3.8, 4) is 0 Å². The molecule has 10 heteroatoms. The standard InChI is InChI=1S/C21H26ClN5O3S/c1-4-10-26(11-5-2)21(28)17-16-24(3)23-20(17)31(29,30)27-14-12-25(13-15-27)19-9-7-6-8-18(19)22/h4-9,16H,1-2,10-15H2,3H3. The van der Waals surface area contributed by atoms with Crippen molar-refractivity contribution in [2.75, 3.05) is 44.2 Å². The van der Waals surface area contributed by atoms with Crippen molar-refractivity contribution in [2.24, 2.45) is 7.05 Å². The Labute approximate surface area is 188 Å². The minimum absolute atomic E-state index is 0.0414. The molecule has 1 amide bonds. The van der Waals surface area contributed by atoms with Crippen LogP contribution in [-0.2, 0) is 17.1 Å². The van der Waals surface area contributed by atoms with Gasteiger partial charge in [-0.25, -0.2) is 8.42 Å². The summed E-state index contributed by atoms with van der Waals surface area (Å²) in [5.74, 6) is -0.429. The molecular weight excluding hydrogens is 438 g/mol. The van der Waals surface area contributed by atoms with E-state index in [1.807, 2.05) is 24.3 Å². The van der Waals surface area contributed by atoms with E-state index in [0.29, 0.717) is 18.1 Å². The fourth-order valence-electron chi connectivity index (χ4n) is 3.53. The number of hydrogen-bond acceptors (Lipinski definition) is 5. The summed E-state index contributed by atoms with van der Waals surface area (Å²) in [6.45, 7) is 9.36. The first-order valence-corrected chi connectivity index (χ1v) is 11.7. The molecule has 0 atom stereocenters. The summed E-state index contributed by atoms with van der Waals surface area (Å²) in [6.07, 6.45) is 4.61. The van der Waals surface area contributed by atoms with Gasteiger partial charge in [-0.3, -0.25) is 9.48 Å². The quantitative estimate of drug-likeness (QED) is 0.562. The molecule has 1 aromatic carbocycles. The van der Waals surface area contributed by atoms with Crippen molar-refractivity contribution >= 4 is 33.2 Å². The molecule has 3 rings (SSSR count). The molecule has 1 fully saturated rings. The van der Waals surface area contributed by atoms with E-state index in [4.69, 9.17) is 11.6 Å². The zero-order chi connectivity index (χ0) is 22.6. The van der Waals surface area contributed by atoms with Crippen LogP contribution in [0.5, 0.6) is 0 Å². The van der Waals surface area contributed by atoms with Crippen molar-refractivity contribution in [3.05, 3.63) is 66.4 Å². The Kier molecular flexibility index (Phi) is 7.19. The van der Waals surface area contributed by atoms with Crippen LogP contribution in [0, 0.1) is 0 Å². The van der Waals surface area contributed by atoms with Crippen molar-refractivity contribution in [3.63, 3.8) is 0 Å². The van der Waals surface area contributed by atoms with Crippen LogP contribution in [0.25, 0.3) is 0 Å². The third-order valence-corrected chi connectivity index (χ3v) is 7.18. The first kappa shape index (κ1) is 23.1. The number of carbonyl (C=O) groups excluding carboxylic acids is 1. The molecule has 8 nitrogen and oxygen atoms in total. The molecule has 2 heterocycles. The Hall–Kier alpha value is -2.62. The van der Waals surface area contributed by atoms with Gasteiger partial charge in [-0.05, 0) is 12.1 Å². The number of carbonyl (C=O) groups is 1. The summed E-state index contributed by atoms with van der Waals surface area (Å²) in [6, 6.07) is 7.47. The Morgan fingerprint density at radius 3 is 2.35 bits per heavy atom. The lowest BCUT2D eigenvalue weighted by molar-refractivity contribution is 0.0786. The summed E-state index contributed by atoms with van der Waals surface area (Å²) in [5.41, 5.74) is 0.916. The maximum absolute atomic E-state index is 13.4. The normalized spacial score (nSPS) is 15.0. The molecule has 31 heavy (non-hydrogen) atoms. The largest absolute Gasteiger partial charge is 0.368 e. The Morgan fingerprint density at radius 2 is 1.77 bits per heavy atom. The van der Waals surface area contributed by atoms with E-state index >= 15 is 0 Å². The third-order valence-electron chi connectivity index (χ3n) is 5.03. The van der Waals surface area contributed by atoms with E-state index < -0.39 is 15.9 Å². The van der Waals surface area contributed by atoms with Crippen LogP contribution in [-0.4, -0.2) is 72.6 Å². The Morgan fingerprint density at radius 1 is 1.16 bits per heavy atom. The van der Waals surface area contributed by atoms with Crippen molar-refractivity contribution in [2.45, 2.75) is 5.03 Å². The highest BCUT2D eigenvalue weighted by Crippen LogP contribution is 2.28. The fraction of sp³-hybridized carbons (Fsp3) is 0.333. The Bertz CT molecular complexity index is 1060. The second kappa shape index (κ2) is 9.67. The predicted octanol–water partition coefficient (Wildman–Crippen LogP) is 2.40. The predicted molar refractivity (Wildman–Crippen MR) is 122 cm³/mol. The van der Waals surface area contributed by atoms with Gasteiger partial charge in [-0.15, -0.1) is 13.2 Å². The SMILES string of the molecule is C=CCN(CC=C)C(=O)c1cn(C)nc1S(=O)(=O)N1CCN(c2ccccc2Cl)CC1. The molecule has 1 aliphatic heterocycles. The van der Waals surface area contributed by atoms with Gasteiger partial charge in [0.25, 0.3) is 15.9 Å². The number of halogens is 1. The molecular formula is C21H26ClN5O3S. The van der Waals surface area contributed by atoms with E-state index in [1.165, 1.54) is 20.1 Å². The number of hydrogen-bond donors (Lipinski definition) is 0. The molecule has 0 radical (unpaired) electrons. The third kappa shape index (κ3) is 4.84. The van der Waals surface area contributed by atoms with Crippen LogP contribution >= 0.6 is 11.6 Å². The number of aryl methyl sites for hydroxylation is 1. The van der Waals surface area contributed by atoms with E-state index in [0.717, 1.165) is 5.69 Å². The monoisotopic (exact) mass is 463 g/mol. The maximum atomic E-state index is 13.4. The van der Waals surface area contributed by atoms with Gasteiger partial charge in [0.15, 0.2) is 0 Å². The molecule has 0 unspecified atom stereocenters.